The van der Waals surface area contributed by atoms with Crippen LogP contribution in [0.25, 0.3) is 5.69 Å². The zero-order valence-electron chi connectivity index (χ0n) is 9.54. The van der Waals surface area contributed by atoms with E-state index in [2.05, 4.69) is 5.10 Å². The topological polar surface area (TPSA) is 72.2 Å². The average Bonchev–Trinajstić information content (AvgIpc) is 2.77. The first-order chi connectivity index (χ1) is 8.43. The van der Waals surface area contributed by atoms with E-state index in [-0.39, 0.29) is 10.5 Å². The summed E-state index contributed by atoms with van der Waals surface area (Å²) in [5.41, 5.74) is 0.382. The highest BCUT2D eigenvalue weighted by atomic mass is 32.2. The summed E-state index contributed by atoms with van der Waals surface area (Å²) in [7, 11) is -3.36. The molecular formula is C11H11FN2O3S. The predicted octanol–water partition coefficient (Wildman–Crippen LogP) is 0.907. The number of nitrogens with zero attached hydrogens (tertiary/aromatic N) is 2. The molecule has 0 amide bonds. The highest BCUT2D eigenvalue weighted by Gasteiger charge is 2.14. The number of sulfone groups is 1. The monoisotopic (exact) mass is 270 g/mol. The molecule has 96 valence electrons. The van der Waals surface area contributed by atoms with Gasteiger partial charge in [-0.15, -0.1) is 0 Å². The van der Waals surface area contributed by atoms with Gasteiger partial charge in [0.2, 0.25) is 0 Å². The Hall–Kier alpha value is -1.73. The number of hydrogen-bond donors (Lipinski definition) is 1. The van der Waals surface area contributed by atoms with Crippen molar-refractivity contribution in [3.8, 4) is 5.69 Å². The first-order valence-corrected chi connectivity index (χ1v) is 6.96. The van der Waals surface area contributed by atoms with Crippen LogP contribution in [0, 0.1) is 5.82 Å². The molecule has 0 saturated carbocycles. The summed E-state index contributed by atoms with van der Waals surface area (Å²) in [6, 6.07) is 4.23. The quantitative estimate of drug-likeness (QED) is 0.899. The van der Waals surface area contributed by atoms with E-state index in [1.165, 1.54) is 29.2 Å². The second kappa shape index (κ2) is 4.51. The summed E-state index contributed by atoms with van der Waals surface area (Å²) >= 11 is 0. The zero-order chi connectivity index (χ0) is 13.3. The van der Waals surface area contributed by atoms with Crippen molar-refractivity contribution >= 4 is 9.84 Å². The third-order valence-electron chi connectivity index (χ3n) is 2.49. The van der Waals surface area contributed by atoms with Crippen LogP contribution in [0.15, 0.2) is 35.5 Å². The van der Waals surface area contributed by atoms with Gasteiger partial charge in [-0.1, -0.05) is 6.07 Å². The van der Waals surface area contributed by atoms with Gasteiger partial charge in [0, 0.05) is 18.0 Å². The van der Waals surface area contributed by atoms with Crippen LogP contribution in [0.2, 0.25) is 0 Å². The largest absolute Gasteiger partial charge is 0.391 e. The maximum absolute atomic E-state index is 13.5. The van der Waals surface area contributed by atoms with Crippen LogP contribution in [0.1, 0.15) is 5.56 Å². The Kier molecular flexibility index (Phi) is 3.18. The molecule has 0 radical (unpaired) electrons. The minimum atomic E-state index is -3.36. The molecule has 5 nitrogen and oxygen atoms in total. The molecule has 1 N–H and O–H groups in total. The van der Waals surface area contributed by atoms with Gasteiger partial charge < -0.3 is 5.11 Å². The molecule has 0 spiro atoms. The molecule has 1 heterocycles. The minimum absolute atomic E-state index is 0.0376. The molecule has 1 aromatic heterocycles. The minimum Gasteiger partial charge on any atom is -0.391 e. The summed E-state index contributed by atoms with van der Waals surface area (Å²) in [5, 5.41) is 13.0. The maximum Gasteiger partial charge on any atom is 0.178 e. The molecule has 2 rings (SSSR count). The van der Waals surface area contributed by atoms with Gasteiger partial charge in [-0.3, -0.25) is 0 Å². The smallest absolute Gasteiger partial charge is 0.178 e. The van der Waals surface area contributed by atoms with Crippen molar-refractivity contribution in [1.82, 2.24) is 9.78 Å². The van der Waals surface area contributed by atoms with Crippen LogP contribution in [0.4, 0.5) is 4.39 Å². The molecule has 0 fully saturated rings. The third-order valence-corrected chi connectivity index (χ3v) is 3.55. The number of rotatable bonds is 3. The van der Waals surface area contributed by atoms with Crippen LogP contribution in [0.5, 0.6) is 0 Å². The summed E-state index contributed by atoms with van der Waals surface area (Å²) in [4.78, 5) is 0.0376. The van der Waals surface area contributed by atoms with E-state index in [1.807, 2.05) is 0 Å². The second-order valence-electron chi connectivity index (χ2n) is 3.79. The molecule has 0 atom stereocenters. The lowest BCUT2D eigenvalue weighted by Gasteiger charge is -2.07. The van der Waals surface area contributed by atoms with E-state index in [0.717, 1.165) is 6.26 Å². The lowest BCUT2D eigenvalue weighted by atomic mass is 10.2. The van der Waals surface area contributed by atoms with E-state index in [4.69, 9.17) is 5.11 Å². The van der Waals surface area contributed by atoms with Crippen molar-refractivity contribution in [3.05, 3.63) is 42.0 Å². The molecule has 0 saturated heterocycles. The van der Waals surface area contributed by atoms with Crippen molar-refractivity contribution in [3.63, 3.8) is 0 Å². The summed E-state index contributed by atoms with van der Waals surface area (Å²) in [6.45, 7) is -0.490. The molecule has 0 aliphatic heterocycles. The van der Waals surface area contributed by atoms with E-state index in [0.29, 0.717) is 5.69 Å². The molecule has 1 aromatic carbocycles. The van der Waals surface area contributed by atoms with E-state index >= 15 is 0 Å². The Morgan fingerprint density at radius 1 is 1.44 bits per heavy atom. The number of hydrogen-bond acceptors (Lipinski definition) is 4. The van der Waals surface area contributed by atoms with Crippen LogP contribution in [-0.4, -0.2) is 29.6 Å². The van der Waals surface area contributed by atoms with Crippen molar-refractivity contribution in [2.45, 2.75) is 11.5 Å². The predicted molar refractivity (Wildman–Crippen MR) is 62.6 cm³/mol. The Morgan fingerprint density at radius 3 is 2.72 bits per heavy atom. The van der Waals surface area contributed by atoms with Crippen LogP contribution >= 0.6 is 0 Å². The van der Waals surface area contributed by atoms with Crippen LogP contribution in [-0.2, 0) is 16.4 Å². The van der Waals surface area contributed by atoms with Crippen molar-refractivity contribution in [2.24, 2.45) is 0 Å². The average molecular weight is 270 g/mol. The molecule has 7 heteroatoms. The summed E-state index contributed by atoms with van der Waals surface area (Å²) in [5.74, 6) is -0.564. The molecule has 0 aliphatic carbocycles. The highest BCUT2D eigenvalue weighted by molar-refractivity contribution is 7.90. The second-order valence-corrected chi connectivity index (χ2v) is 5.80. The van der Waals surface area contributed by atoms with Gasteiger partial charge in [-0.05, 0) is 12.1 Å². The third kappa shape index (κ3) is 2.27. The number of halogens is 1. The Morgan fingerprint density at radius 2 is 2.17 bits per heavy atom. The van der Waals surface area contributed by atoms with E-state index in [9.17, 15) is 12.8 Å². The van der Waals surface area contributed by atoms with Crippen molar-refractivity contribution in [2.75, 3.05) is 6.26 Å². The Bertz CT molecular complexity index is 679. The van der Waals surface area contributed by atoms with Gasteiger partial charge in [0.25, 0.3) is 0 Å². The van der Waals surface area contributed by atoms with E-state index < -0.39 is 22.3 Å². The Balaban J connectivity index is 2.57. The first kappa shape index (κ1) is 12.7. The molecule has 0 unspecified atom stereocenters. The van der Waals surface area contributed by atoms with Crippen molar-refractivity contribution < 1.29 is 17.9 Å². The van der Waals surface area contributed by atoms with Gasteiger partial charge in [-0.25, -0.2) is 17.5 Å². The molecular weight excluding hydrogens is 259 g/mol. The standard InChI is InChI=1S/C11H11FN2O3S/c1-18(16,17)8-5-13-14(6-8)11-4-2-3-10(12)9(11)7-15/h2-6,15H,7H2,1H3. The fourth-order valence-electron chi connectivity index (χ4n) is 1.55. The number of benzene rings is 1. The Labute approximate surface area is 103 Å². The fraction of sp³-hybridized carbons (Fsp3) is 0.182. The molecule has 0 bridgehead atoms. The van der Waals surface area contributed by atoms with E-state index in [1.54, 1.807) is 6.07 Å². The number of aliphatic hydroxyl groups excluding tert-OH is 1. The molecule has 0 aliphatic rings. The van der Waals surface area contributed by atoms with Gasteiger partial charge in [0.05, 0.1) is 18.5 Å². The highest BCUT2D eigenvalue weighted by Crippen LogP contribution is 2.19. The normalized spacial score (nSPS) is 11.7. The fourth-order valence-corrected chi connectivity index (χ4v) is 2.08. The van der Waals surface area contributed by atoms with Gasteiger partial charge in [0.15, 0.2) is 9.84 Å². The van der Waals surface area contributed by atoms with Crippen LogP contribution in [0.3, 0.4) is 0 Å². The molecule has 2 aromatic rings. The maximum atomic E-state index is 13.5. The van der Waals surface area contributed by atoms with Gasteiger partial charge in [0.1, 0.15) is 10.7 Å². The lowest BCUT2D eigenvalue weighted by Crippen LogP contribution is -2.03. The van der Waals surface area contributed by atoms with Crippen LogP contribution < -0.4 is 0 Å². The van der Waals surface area contributed by atoms with Gasteiger partial charge in [-0.2, -0.15) is 5.10 Å². The lowest BCUT2D eigenvalue weighted by molar-refractivity contribution is 0.275. The SMILES string of the molecule is CS(=O)(=O)c1cnn(-c2cccc(F)c2CO)c1. The summed E-state index contributed by atoms with van der Waals surface area (Å²) in [6.07, 6.45) is 3.53. The number of aliphatic hydroxyl groups is 1. The van der Waals surface area contributed by atoms with Gasteiger partial charge >= 0.3 is 0 Å². The zero-order valence-corrected chi connectivity index (χ0v) is 10.4. The van der Waals surface area contributed by atoms with Crippen molar-refractivity contribution in [1.29, 1.82) is 0 Å². The first-order valence-electron chi connectivity index (χ1n) is 5.07. The summed E-state index contributed by atoms with van der Waals surface area (Å²) < 4.78 is 37.3. The molecule has 18 heavy (non-hydrogen) atoms. The number of aromatic nitrogens is 2.